The van der Waals surface area contributed by atoms with Crippen LogP contribution in [-0.2, 0) is 16.0 Å². The highest BCUT2D eigenvalue weighted by Gasteiger charge is 2.36. The van der Waals surface area contributed by atoms with Crippen molar-refractivity contribution >= 4 is 23.3 Å². The van der Waals surface area contributed by atoms with Gasteiger partial charge >= 0.3 is 0 Å². The van der Waals surface area contributed by atoms with Gasteiger partial charge in [0.15, 0.2) is 11.5 Å². The monoisotopic (exact) mass is 448 g/mol. The van der Waals surface area contributed by atoms with Crippen LogP contribution in [0.15, 0.2) is 42.5 Å². The van der Waals surface area contributed by atoms with E-state index in [0.717, 1.165) is 22.6 Å². The fourth-order valence-electron chi connectivity index (χ4n) is 4.13. The predicted octanol–water partition coefficient (Wildman–Crippen LogP) is 3.41. The summed E-state index contributed by atoms with van der Waals surface area (Å²) < 4.78 is 17.9. The summed E-state index contributed by atoms with van der Waals surface area (Å²) in [6, 6.07) is 12.1. The van der Waals surface area contributed by atoms with Crippen LogP contribution in [0.1, 0.15) is 25.1 Å². The summed E-state index contributed by atoms with van der Waals surface area (Å²) in [7, 11) is 1.62. The largest absolute Gasteiger partial charge is 0.497 e. The molecule has 0 saturated carbocycles. The summed E-state index contributed by atoms with van der Waals surface area (Å²) >= 11 is 0. The molecule has 0 aliphatic carbocycles. The van der Waals surface area contributed by atoms with Crippen molar-refractivity contribution in [1.82, 2.24) is 9.78 Å². The van der Waals surface area contributed by atoms with Crippen molar-refractivity contribution in [3.63, 3.8) is 0 Å². The van der Waals surface area contributed by atoms with Gasteiger partial charge in [0.1, 0.15) is 30.8 Å². The van der Waals surface area contributed by atoms with Crippen molar-refractivity contribution in [3.05, 3.63) is 48.2 Å². The Morgan fingerprint density at radius 1 is 1.18 bits per heavy atom. The minimum Gasteiger partial charge on any atom is -0.497 e. The Bertz CT molecular complexity index is 1220. The second kappa shape index (κ2) is 8.50. The quantitative estimate of drug-likeness (QED) is 0.599. The summed E-state index contributed by atoms with van der Waals surface area (Å²) in [6.45, 7) is 2.97. The third-order valence-electron chi connectivity index (χ3n) is 5.74. The van der Waals surface area contributed by atoms with Gasteiger partial charge in [-0.25, -0.2) is 4.68 Å². The predicted molar refractivity (Wildman–Crippen MR) is 122 cm³/mol. The van der Waals surface area contributed by atoms with Crippen LogP contribution in [0.3, 0.4) is 0 Å². The smallest absolute Gasteiger partial charge is 0.251 e. The first-order valence-electron chi connectivity index (χ1n) is 10.8. The molecular weight excluding hydrogens is 424 g/mol. The van der Waals surface area contributed by atoms with E-state index in [1.165, 1.54) is 0 Å². The highest BCUT2D eigenvalue weighted by molar-refractivity contribution is 6.04. The zero-order valence-electron chi connectivity index (χ0n) is 18.4. The van der Waals surface area contributed by atoms with Crippen molar-refractivity contribution in [1.29, 1.82) is 0 Å². The minimum atomic E-state index is -0.727. The molecule has 1 aromatic heterocycles. The molecule has 3 aromatic rings. The molecule has 33 heavy (non-hydrogen) atoms. The Morgan fingerprint density at radius 2 is 1.94 bits per heavy atom. The molecule has 3 heterocycles. The van der Waals surface area contributed by atoms with Crippen molar-refractivity contribution < 1.29 is 23.8 Å². The second-order valence-electron chi connectivity index (χ2n) is 7.81. The van der Waals surface area contributed by atoms with Crippen molar-refractivity contribution in [2.24, 2.45) is 0 Å². The van der Waals surface area contributed by atoms with E-state index in [-0.39, 0.29) is 18.2 Å². The fourth-order valence-corrected chi connectivity index (χ4v) is 4.13. The lowest BCUT2D eigenvalue weighted by atomic mass is 10.0. The van der Waals surface area contributed by atoms with E-state index in [4.69, 9.17) is 14.2 Å². The lowest BCUT2D eigenvalue weighted by Gasteiger charge is -2.19. The van der Waals surface area contributed by atoms with Gasteiger partial charge in [-0.2, -0.15) is 5.10 Å². The van der Waals surface area contributed by atoms with Crippen LogP contribution < -0.4 is 24.8 Å². The number of rotatable bonds is 6. The highest BCUT2D eigenvalue weighted by Crippen LogP contribution is 2.39. The number of nitrogens with one attached hydrogen (secondary N) is 2. The van der Waals surface area contributed by atoms with Gasteiger partial charge in [-0.15, -0.1) is 0 Å². The van der Waals surface area contributed by atoms with Crippen LogP contribution in [0, 0.1) is 0 Å². The molecule has 9 heteroatoms. The van der Waals surface area contributed by atoms with Crippen LogP contribution in [0.25, 0.3) is 11.1 Å². The number of nitrogens with zero attached hydrogens (tertiary/aromatic N) is 2. The lowest BCUT2D eigenvalue weighted by molar-refractivity contribution is -0.123. The zero-order chi connectivity index (χ0) is 22.9. The second-order valence-corrected chi connectivity index (χ2v) is 7.81. The topological polar surface area (TPSA) is 104 Å². The molecule has 0 saturated heterocycles. The molecule has 2 aliphatic rings. The number of hydrogen-bond donors (Lipinski definition) is 2. The van der Waals surface area contributed by atoms with E-state index < -0.39 is 6.04 Å². The molecule has 170 valence electrons. The molecule has 2 aliphatic heterocycles. The third-order valence-corrected chi connectivity index (χ3v) is 5.74. The Morgan fingerprint density at radius 3 is 2.67 bits per heavy atom. The first kappa shape index (κ1) is 20.9. The molecule has 5 rings (SSSR count). The molecule has 9 nitrogen and oxygen atoms in total. The number of benzene rings is 2. The first-order valence-corrected chi connectivity index (χ1v) is 10.8. The van der Waals surface area contributed by atoms with Crippen LogP contribution >= 0.6 is 0 Å². The molecule has 0 spiro atoms. The molecule has 2 N–H and O–H groups in total. The molecule has 0 radical (unpaired) electrons. The van der Waals surface area contributed by atoms with Crippen LogP contribution in [0.5, 0.6) is 17.2 Å². The Hall–Kier alpha value is -4.01. The maximum absolute atomic E-state index is 12.8. The van der Waals surface area contributed by atoms with Gasteiger partial charge in [-0.3, -0.25) is 9.59 Å². The number of amides is 2. The van der Waals surface area contributed by atoms with Gasteiger partial charge in [0.25, 0.3) is 5.91 Å². The zero-order valence-corrected chi connectivity index (χ0v) is 18.4. The number of aryl methyl sites for hydroxylation is 1. The number of aromatic nitrogens is 2. The minimum absolute atomic E-state index is 0.0415. The molecular formula is C24H24N4O5. The van der Waals surface area contributed by atoms with Gasteiger partial charge in [0, 0.05) is 17.3 Å². The van der Waals surface area contributed by atoms with Gasteiger partial charge < -0.3 is 24.8 Å². The standard InChI is InChI=1S/C24H24N4O5/c1-3-17-22(14-4-7-16(31-2)8-5-14)23-26-24(30)18(28(23)27-17)13-21(29)25-15-6-9-19-20(12-15)33-11-10-32-19/h4-9,12,18H,3,10-11,13H2,1-2H3,(H,25,29)(H,26,30). The number of anilines is 2. The SMILES string of the molecule is CCc1nn2c(c1-c1ccc(OC)cc1)NC(=O)C2CC(=O)Nc1ccc2c(c1)OCCO2. The number of carbonyl (C=O) groups is 2. The summed E-state index contributed by atoms with van der Waals surface area (Å²) in [4.78, 5) is 25.5. The van der Waals surface area contributed by atoms with Crippen molar-refractivity contribution in [2.45, 2.75) is 25.8 Å². The molecule has 2 amide bonds. The van der Waals surface area contributed by atoms with E-state index >= 15 is 0 Å². The van der Waals surface area contributed by atoms with E-state index in [0.29, 0.717) is 42.6 Å². The average molecular weight is 448 g/mol. The maximum atomic E-state index is 12.8. The van der Waals surface area contributed by atoms with E-state index in [2.05, 4.69) is 15.7 Å². The van der Waals surface area contributed by atoms with E-state index in [9.17, 15) is 9.59 Å². The van der Waals surface area contributed by atoms with Gasteiger partial charge in [0.05, 0.1) is 19.2 Å². The fraction of sp³-hybridized carbons (Fsp3) is 0.292. The Kier molecular flexibility index (Phi) is 5.37. The molecule has 0 fully saturated rings. The van der Waals surface area contributed by atoms with E-state index in [1.54, 1.807) is 30.0 Å². The molecule has 1 atom stereocenters. The number of hydrogen-bond acceptors (Lipinski definition) is 6. The molecule has 1 unspecified atom stereocenters. The Labute approximate surface area is 190 Å². The number of ether oxygens (including phenoxy) is 3. The summed E-state index contributed by atoms with van der Waals surface area (Å²) in [6.07, 6.45) is 0.646. The summed E-state index contributed by atoms with van der Waals surface area (Å²) in [5, 5.41) is 10.4. The molecule has 0 bridgehead atoms. The average Bonchev–Trinajstić information content (AvgIpc) is 3.34. The van der Waals surface area contributed by atoms with Crippen LogP contribution in [0.4, 0.5) is 11.5 Å². The number of methoxy groups -OCH3 is 1. The first-order chi connectivity index (χ1) is 16.1. The number of fused-ring (bicyclic) bond motifs is 2. The summed E-state index contributed by atoms with van der Waals surface area (Å²) in [5.74, 6) is 2.04. The number of carbonyl (C=O) groups excluding carboxylic acids is 2. The lowest BCUT2D eigenvalue weighted by Crippen LogP contribution is -2.24. The normalized spacial score (nSPS) is 16.2. The highest BCUT2D eigenvalue weighted by atomic mass is 16.6. The van der Waals surface area contributed by atoms with Gasteiger partial charge in [-0.05, 0) is 36.2 Å². The third kappa shape index (κ3) is 3.86. The van der Waals surface area contributed by atoms with Gasteiger partial charge in [0.2, 0.25) is 5.91 Å². The summed E-state index contributed by atoms with van der Waals surface area (Å²) in [5.41, 5.74) is 3.22. The van der Waals surface area contributed by atoms with Crippen LogP contribution in [0.2, 0.25) is 0 Å². The van der Waals surface area contributed by atoms with Crippen molar-refractivity contribution in [3.8, 4) is 28.4 Å². The molecule has 2 aromatic carbocycles. The Balaban J connectivity index is 1.37. The van der Waals surface area contributed by atoms with Gasteiger partial charge in [-0.1, -0.05) is 19.1 Å². The maximum Gasteiger partial charge on any atom is 0.251 e. The van der Waals surface area contributed by atoms with Crippen LogP contribution in [-0.4, -0.2) is 41.9 Å². The van der Waals surface area contributed by atoms with E-state index in [1.807, 2.05) is 31.2 Å². The van der Waals surface area contributed by atoms with Crippen molar-refractivity contribution in [2.75, 3.05) is 31.0 Å².